The van der Waals surface area contributed by atoms with E-state index in [1.807, 2.05) is 42.5 Å². The first kappa shape index (κ1) is 15.5. The summed E-state index contributed by atoms with van der Waals surface area (Å²) in [5, 5.41) is 5.98. The van der Waals surface area contributed by atoms with E-state index in [1.165, 1.54) is 6.92 Å². The molecule has 0 atom stereocenters. The molecule has 1 amide bonds. The number of carbonyl (C=O) groups is 1. The maximum Gasteiger partial charge on any atom is 0.221 e. The number of hydrogen-bond donors (Lipinski definition) is 3. The number of amides is 1. The number of anilines is 3. The first-order valence-electron chi connectivity index (χ1n) is 6.20. The van der Waals surface area contributed by atoms with Crippen molar-refractivity contribution in [1.82, 2.24) is 0 Å². The van der Waals surface area contributed by atoms with E-state index in [1.54, 1.807) is 0 Å². The predicted molar refractivity (Wildman–Crippen MR) is 94.1 cm³/mol. The van der Waals surface area contributed by atoms with E-state index in [4.69, 9.17) is 18.0 Å². The predicted octanol–water partition coefficient (Wildman–Crippen LogP) is 3.79. The van der Waals surface area contributed by atoms with Crippen LogP contribution in [0.5, 0.6) is 0 Å². The Morgan fingerprint density at radius 2 is 1.76 bits per heavy atom. The van der Waals surface area contributed by atoms with Gasteiger partial charge in [-0.2, -0.15) is 0 Å². The minimum atomic E-state index is -0.0986. The van der Waals surface area contributed by atoms with Gasteiger partial charge in [0, 0.05) is 34.0 Å². The van der Waals surface area contributed by atoms with Gasteiger partial charge in [0.05, 0.1) is 0 Å². The molecule has 0 saturated heterocycles. The minimum Gasteiger partial charge on any atom is -0.389 e. The van der Waals surface area contributed by atoms with Crippen molar-refractivity contribution in [2.75, 3.05) is 10.6 Å². The Labute approximate surface area is 136 Å². The molecule has 4 N–H and O–H groups in total. The summed E-state index contributed by atoms with van der Waals surface area (Å²) in [7, 11) is 0. The van der Waals surface area contributed by atoms with Crippen molar-refractivity contribution in [2.45, 2.75) is 6.92 Å². The molecule has 2 aromatic carbocycles. The summed E-state index contributed by atoms with van der Waals surface area (Å²) in [6.45, 7) is 1.47. The number of rotatable bonds is 4. The highest BCUT2D eigenvalue weighted by Crippen LogP contribution is 2.25. The summed E-state index contributed by atoms with van der Waals surface area (Å²) in [6, 6.07) is 13.0. The number of thiocarbonyl (C=S) groups is 1. The standard InChI is InChI=1S/C15H14BrN3OS/c1-9(20)18-11-3-5-12(6-4-11)19-14-8-10(16)2-7-13(14)15(17)21/h2-8,19H,1H3,(H2,17,21)(H,18,20). The van der Waals surface area contributed by atoms with Crippen molar-refractivity contribution in [3.8, 4) is 0 Å². The smallest absolute Gasteiger partial charge is 0.221 e. The highest BCUT2D eigenvalue weighted by atomic mass is 79.9. The maximum atomic E-state index is 11.0. The molecule has 2 aromatic rings. The third kappa shape index (κ3) is 4.27. The van der Waals surface area contributed by atoms with Crippen molar-refractivity contribution >= 4 is 56.1 Å². The normalized spacial score (nSPS) is 10.0. The molecule has 0 saturated carbocycles. The lowest BCUT2D eigenvalue weighted by Gasteiger charge is -2.12. The molecular formula is C15H14BrN3OS. The van der Waals surface area contributed by atoms with Crippen LogP contribution in [0.25, 0.3) is 0 Å². The van der Waals surface area contributed by atoms with Gasteiger partial charge in [0.2, 0.25) is 5.91 Å². The van der Waals surface area contributed by atoms with E-state index >= 15 is 0 Å². The van der Waals surface area contributed by atoms with Gasteiger partial charge in [-0.1, -0.05) is 28.1 Å². The zero-order chi connectivity index (χ0) is 15.4. The average molecular weight is 364 g/mol. The lowest BCUT2D eigenvalue weighted by atomic mass is 10.1. The van der Waals surface area contributed by atoms with Crippen LogP contribution in [-0.2, 0) is 4.79 Å². The van der Waals surface area contributed by atoms with Gasteiger partial charge in [0.1, 0.15) is 4.99 Å². The van der Waals surface area contributed by atoms with Gasteiger partial charge >= 0.3 is 0 Å². The quantitative estimate of drug-likeness (QED) is 0.723. The molecule has 0 aliphatic heterocycles. The summed E-state index contributed by atoms with van der Waals surface area (Å²) in [5.74, 6) is -0.0986. The minimum absolute atomic E-state index is 0.0986. The molecular weight excluding hydrogens is 350 g/mol. The van der Waals surface area contributed by atoms with Crippen molar-refractivity contribution < 1.29 is 4.79 Å². The number of benzene rings is 2. The van der Waals surface area contributed by atoms with E-state index in [-0.39, 0.29) is 5.91 Å². The van der Waals surface area contributed by atoms with Gasteiger partial charge in [-0.15, -0.1) is 0 Å². The zero-order valence-corrected chi connectivity index (χ0v) is 13.7. The SMILES string of the molecule is CC(=O)Nc1ccc(Nc2cc(Br)ccc2C(N)=S)cc1. The number of halogens is 1. The molecule has 21 heavy (non-hydrogen) atoms. The first-order valence-corrected chi connectivity index (χ1v) is 7.40. The number of carbonyl (C=O) groups excluding carboxylic acids is 1. The van der Waals surface area contributed by atoms with Crippen molar-refractivity contribution in [3.05, 3.63) is 52.5 Å². The van der Waals surface area contributed by atoms with Gasteiger partial charge in [0.15, 0.2) is 0 Å². The molecule has 0 unspecified atom stereocenters. The van der Waals surface area contributed by atoms with Crippen LogP contribution in [0.15, 0.2) is 46.9 Å². The fraction of sp³-hybridized carbons (Fsp3) is 0.0667. The molecule has 2 rings (SSSR count). The number of nitrogens with one attached hydrogen (secondary N) is 2. The van der Waals surface area contributed by atoms with Crippen LogP contribution in [0.2, 0.25) is 0 Å². The summed E-state index contributed by atoms with van der Waals surface area (Å²) in [5.41, 5.74) is 8.95. The Hall–Kier alpha value is -1.92. The molecule has 108 valence electrons. The Balaban J connectivity index is 2.23. The highest BCUT2D eigenvalue weighted by Gasteiger charge is 2.06. The van der Waals surface area contributed by atoms with E-state index in [0.717, 1.165) is 27.1 Å². The van der Waals surface area contributed by atoms with Crippen molar-refractivity contribution in [3.63, 3.8) is 0 Å². The van der Waals surface area contributed by atoms with E-state index in [0.29, 0.717) is 4.99 Å². The number of nitrogens with two attached hydrogens (primary N) is 1. The second kappa shape index (κ2) is 6.69. The molecule has 0 aromatic heterocycles. The van der Waals surface area contributed by atoms with E-state index in [9.17, 15) is 4.79 Å². The summed E-state index contributed by atoms with van der Waals surface area (Å²) < 4.78 is 0.930. The Morgan fingerprint density at radius 1 is 1.14 bits per heavy atom. The molecule has 0 bridgehead atoms. The van der Waals surface area contributed by atoms with Crippen LogP contribution in [-0.4, -0.2) is 10.9 Å². The van der Waals surface area contributed by atoms with Crippen LogP contribution in [0, 0.1) is 0 Å². The average Bonchev–Trinajstić information content (AvgIpc) is 2.40. The Bertz CT molecular complexity index is 686. The molecule has 0 aliphatic rings. The highest BCUT2D eigenvalue weighted by molar-refractivity contribution is 9.10. The van der Waals surface area contributed by atoms with E-state index in [2.05, 4.69) is 26.6 Å². The molecule has 0 radical (unpaired) electrons. The number of hydrogen-bond acceptors (Lipinski definition) is 3. The third-order valence-electron chi connectivity index (χ3n) is 2.73. The van der Waals surface area contributed by atoms with Gasteiger partial charge in [0.25, 0.3) is 0 Å². The van der Waals surface area contributed by atoms with Crippen LogP contribution in [0.1, 0.15) is 12.5 Å². The fourth-order valence-corrected chi connectivity index (χ4v) is 2.37. The van der Waals surface area contributed by atoms with Gasteiger partial charge in [-0.05, 0) is 42.5 Å². The molecule has 4 nitrogen and oxygen atoms in total. The van der Waals surface area contributed by atoms with E-state index < -0.39 is 0 Å². The lowest BCUT2D eigenvalue weighted by molar-refractivity contribution is -0.114. The second-order valence-corrected chi connectivity index (χ2v) is 5.79. The second-order valence-electron chi connectivity index (χ2n) is 4.44. The third-order valence-corrected chi connectivity index (χ3v) is 3.44. The fourth-order valence-electron chi connectivity index (χ4n) is 1.83. The topological polar surface area (TPSA) is 67.2 Å². The Morgan fingerprint density at radius 3 is 2.33 bits per heavy atom. The van der Waals surface area contributed by atoms with Gasteiger partial charge in [-0.3, -0.25) is 4.79 Å². The Kier molecular flexibility index (Phi) is 4.93. The van der Waals surface area contributed by atoms with Crippen LogP contribution in [0.4, 0.5) is 17.1 Å². The van der Waals surface area contributed by atoms with Gasteiger partial charge < -0.3 is 16.4 Å². The van der Waals surface area contributed by atoms with Crippen molar-refractivity contribution in [2.24, 2.45) is 5.73 Å². The van der Waals surface area contributed by atoms with Crippen LogP contribution in [0.3, 0.4) is 0 Å². The van der Waals surface area contributed by atoms with Crippen molar-refractivity contribution in [1.29, 1.82) is 0 Å². The lowest BCUT2D eigenvalue weighted by Crippen LogP contribution is -2.12. The molecule has 0 fully saturated rings. The molecule has 6 heteroatoms. The monoisotopic (exact) mass is 363 g/mol. The molecule has 0 heterocycles. The molecule has 0 aliphatic carbocycles. The molecule has 0 spiro atoms. The van der Waals surface area contributed by atoms with Crippen LogP contribution >= 0.6 is 28.1 Å². The zero-order valence-electron chi connectivity index (χ0n) is 11.3. The first-order chi connectivity index (χ1) is 9.95. The van der Waals surface area contributed by atoms with Crippen LogP contribution < -0.4 is 16.4 Å². The summed E-state index contributed by atoms with van der Waals surface area (Å²) in [4.78, 5) is 11.3. The van der Waals surface area contributed by atoms with Gasteiger partial charge in [-0.25, -0.2) is 0 Å². The summed E-state index contributed by atoms with van der Waals surface area (Å²) in [6.07, 6.45) is 0. The summed E-state index contributed by atoms with van der Waals surface area (Å²) >= 11 is 8.48. The maximum absolute atomic E-state index is 11.0. The largest absolute Gasteiger partial charge is 0.389 e.